The van der Waals surface area contributed by atoms with Crippen LogP contribution in [-0.4, -0.2) is 11.1 Å². The second-order valence-electron chi connectivity index (χ2n) is 12.3. The highest BCUT2D eigenvalue weighted by molar-refractivity contribution is 5.74. The van der Waals surface area contributed by atoms with Crippen LogP contribution < -0.4 is 0 Å². The lowest BCUT2D eigenvalue weighted by Crippen LogP contribution is -2.53. The minimum atomic E-state index is -0.753. The molecule has 2 unspecified atom stereocenters. The highest BCUT2D eigenvalue weighted by Gasteiger charge is 2.60. The molecule has 0 aliphatic heterocycles. The van der Waals surface area contributed by atoms with Gasteiger partial charge in [-0.15, -0.1) is 0 Å². The third kappa shape index (κ3) is 3.84. The Morgan fingerprint density at radius 1 is 1.00 bits per heavy atom. The summed E-state index contributed by atoms with van der Waals surface area (Å²) < 4.78 is 0. The number of carboxylic acids is 1. The SMILES string of the molecule is C=CC(=CC[C@@H](C)[C@H]1CC[C@H]2[C@@H]3CCC4CCCC[C@]4(C)[C@H]3CC[C@]12C)C(C)C(=O)O. The van der Waals surface area contributed by atoms with Gasteiger partial charge in [0.05, 0.1) is 5.92 Å². The van der Waals surface area contributed by atoms with Crippen LogP contribution in [0.2, 0.25) is 0 Å². The first kappa shape index (κ1) is 23.1. The predicted octanol–water partition coefficient (Wildman–Crippen LogP) is 7.89. The Bertz CT molecular complexity index is 722. The fourth-order valence-electron chi connectivity index (χ4n) is 9.34. The molecule has 4 rings (SSSR count). The predicted molar refractivity (Wildman–Crippen MR) is 129 cm³/mol. The van der Waals surface area contributed by atoms with Gasteiger partial charge in [0.1, 0.15) is 0 Å². The minimum absolute atomic E-state index is 0.460. The third-order valence-corrected chi connectivity index (χ3v) is 11.2. The molecule has 9 atom stereocenters. The molecule has 4 saturated carbocycles. The Labute approximate surface area is 191 Å². The topological polar surface area (TPSA) is 37.3 Å². The molecule has 0 aromatic heterocycles. The molecule has 0 saturated heterocycles. The van der Waals surface area contributed by atoms with E-state index in [1.807, 2.05) is 0 Å². The maximum Gasteiger partial charge on any atom is 0.310 e. The average Bonchev–Trinajstić information content (AvgIpc) is 3.10. The number of fused-ring (bicyclic) bond motifs is 5. The fraction of sp³-hybridized carbons (Fsp3) is 0.828. The van der Waals surface area contributed by atoms with Crippen LogP contribution in [0.3, 0.4) is 0 Å². The molecule has 2 heteroatoms. The van der Waals surface area contributed by atoms with Crippen molar-refractivity contribution in [2.24, 2.45) is 52.3 Å². The van der Waals surface area contributed by atoms with Crippen molar-refractivity contribution in [2.45, 2.75) is 98.3 Å². The first-order valence-electron chi connectivity index (χ1n) is 13.3. The molecule has 4 aliphatic carbocycles. The van der Waals surface area contributed by atoms with E-state index in [-0.39, 0.29) is 0 Å². The van der Waals surface area contributed by atoms with Gasteiger partial charge >= 0.3 is 5.97 Å². The van der Waals surface area contributed by atoms with Crippen molar-refractivity contribution in [1.82, 2.24) is 0 Å². The van der Waals surface area contributed by atoms with E-state index in [9.17, 15) is 9.90 Å². The van der Waals surface area contributed by atoms with E-state index in [1.165, 1.54) is 64.2 Å². The molecule has 0 aromatic carbocycles. The fourth-order valence-corrected chi connectivity index (χ4v) is 9.34. The molecular weight excluding hydrogens is 380 g/mol. The smallest absolute Gasteiger partial charge is 0.310 e. The highest BCUT2D eigenvalue weighted by atomic mass is 16.4. The van der Waals surface area contributed by atoms with Crippen LogP contribution in [0.1, 0.15) is 98.3 Å². The Balaban J connectivity index is 1.48. The van der Waals surface area contributed by atoms with Crippen molar-refractivity contribution in [3.8, 4) is 0 Å². The summed E-state index contributed by atoms with van der Waals surface area (Å²) in [4.78, 5) is 11.4. The maximum atomic E-state index is 11.4. The number of allylic oxidation sites excluding steroid dienone is 2. The lowest BCUT2D eigenvalue weighted by Gasteiger charge is -2.61. The van der Waals surface area contributed by atoms with Gasteiger partial charge in [-0.1, -0.05) is 52.3 Å². The number of carboxylic acid groups (broad SMARTS) is 1. The number of carbonyl (C=O) groups is 1. The van der Waals surface area contributed by atoms with Crippen LogP contribution in [-0.2, 0) is 4.79 Å². The van der Waals surface area contributed by atoms with E-state index < -0.39 is 11.9 Å². The lowest BCUT2D eigenvalue weighted by molar-refractivity contribution is -0.139. The Kier molecular flexibility index (Phi) is 6.50. The van der Waals surface area contributed by atoms with Crippen LogP contribution in [0.5, 0.6) is 0 Å². The molecule has 2 nitrogen and oxygen atoms in total. The summed E-state index contributed by atoms with van der Waals surface area (Å²) >= 11 is 0. The van der Waals surface area contributed by atoms with Crippen molar-refractivity contribution < 1.29 is 9.90 Å². The summed E-state index contributed by atoms with van der Waals surface area (Å²) in [5.74, 6) is 4.03. The summed E-state index contributed by atoms with van der Waals surface area (Å²) in [5.41, 5.74) is 1.99. The van der Waals surface area contributed by atoms with Crippen molar-refractivity contribution in [3.05, 3.63) is 24.3 Å². The molecule has 0 heterocycles. The van der Waals surface area contributed by atoms with Gasteiger partial charge in [-0.3, -0.25) is 4.79 Å². The van der Waals surface area contributed by atoms with Gasteiger partial charge in [0.15, 0.2) is 0 Å². The molecule has 0 radical (unpaired) electrons. The van der Waals surface area contributed by atoms with Crippen molar-refractivity contribution in [1.29, 1.82) is 0 Å². The summed E-state index contributed by atoms with van der Waals surface area (Å²) in [6.45, 7) is 13.4. The Morgan fingerprint density at radius 3 is 2.45 bits per heavy atom. The number of hydrogen-bond donors (Lipinski definition) is 1. The lowest BCUT2D eigenvalue weighted by atomic mass is 9.44. The quantitative estimate of drug-likeness (QED) is 0.438. The zero-order valence-corrected chi connectivity index (χ0v) is 20.5. The second kappa shape index (κ2) is 8.71. The van der Waals surface area contributed by atoms with E-state index in [0.29, 0.717) is 16.7 Å². The number of rotatable bonds is 6. The van der Waals surface area contributed by atoms with Gasteiger partial charge in [-0.25, -0.2) is 0 Å². The van der Waals surface area contributed by atoms with Gasteiger partial charge in [0, 0.05) is 0 Å². The van der Waals surface area contributed by atoms with E-state index in [4.69, 9.17) is 0 Å². The monoisotopic (exact) mass is 426 g/mol. The largest absolute Gasteiger partial charge is 0.481 e. The zero-order valence-electron chi connectivity index (χ0n) is 20.5. The van der Waals surface area contributed by atoms with Crippen LogP contribution in [0.25, 0.3) is 0 Å². The van der Waals surface area contributed by atoms with Crippen LogP contribution >= 0.6 is 0 Å². The molecule has 0 spiro atoms. The zero-order chi connectivity index (χ0) is 22.4. The van der Waals surface area contributed by atoms with E-state index in [2.05, 4.69) is 33.4 Å². The molecule has 174 valence electrons. The molecule has 1 N–H and O–H groups in total. The summed E-state index contributed by atoms with van der Waals surface area (Å²) in [6, 6.07) is 0. The molecule has 31 heavy (non-hydrogen) atoms. The van der Waals surface area contributed by atoms with E-state index >= 15 is 0 Å². The Morgan fingerprint density at radius 2 is 1.74 bits per heavy atom. The van der Waals surface area contributed by atoms with E-state index in [0.717, 1.165) is 41.6 Å². The maximum absolute atomic E-state index is 11.4. The van der Waals surface area contributed by atoms with Gasteiger partial charge in [0.2, 0.25) is 0 Å². The first-order chi connectivity index (χ1) is 14.7. The van der Waals surface area contributed by atoms with Crippen molar-refractivity contribution in [3.63, 3.8) is 0 Å². The molecule has 0 aromatic rings. The highest BCUT2D eigenvalue weighted by Crippen LogP contribution is 2.68. The summed E-state index contributed by atoms with van der Waals surface area (Å²) in [6.07, 6.45) is 19.5. The van der Waals surface area contributed by atoms with Crippen LogP contribution in [0, 0.1) is 52.3 Å². The molecule has 4 fully saturated rings. The number of hydrogen-bond acceptors (Lipinski definition) is 1. The molecular formula is C29H46O2. The average molecular weight is 427 g/mol. The van der Waals surface area contributed by atoms with Gasteiger partial charge in [0.25, 0.3) is 0 Å². The van der Waals surface area contributed by atoms with Gasteiger partial charge in [-0.2, -0.15) is 0 Å². The summed E-state index contributed by atoms with van der Waals surface area (Å²) in [7, 11) is 0. The standard InChI is InChI=1S/C29H46O2/c1-6-21(20(3)27(30)31)11-10-19(2)24-14-15-25-23-13-12-22-9-7-8-17-28(22,4)26(23)16-18-29(24,25)5/h6,11,19-20,22-26H,1,7-10,12-18H2,2-5H3,(H,30,31)/t19-,20?,22?,23+,24-,25+,26+,28+,29-/m1/s1. The normalized spacial score (nSPS) is 44.5. The van der Waals surface area contributed by atoms with E-state index in [1.54, 1.807) is 13.0 Å². The van der Waals surface area contributed by atoms with Gasteiger partial charge < -0.3 is 5.11 Å². The minimum Gasteiger partial charge on any atom is -0.481 e. The molecule has 0 amide bonds. The Hall–Kier alpha value is -1.05. The number of aliphatic carboxylic acids is 1. The van der Waals surface area contributed by atoms with Gasteiger partial charge in [-0.05, 0) is 117 Å². The van der Waals surface area contributed by atoms with Crippen molar-refractivity contribution >= 4 is 5.97 Å². The molecule has 4 aliphatic rings. The van der Waals surface area contributed by atoms with Crippen LogP contribution in [0.4, 0.5) is 0 Å². The second-order valence-corrected chi connectivity index (χ2v) is 12.3. The third-order valence-electron chi connectivity index (χ3n) is 11.2. The van der Waals surface area contributed by atoms with Crippen molar-refractivity contribution in [2.75, 3.05) is 0 Å². The molecule has 0 bridgehead atoms. The first-order valence-corrected chi connectivity index (χ1v) is 13.3. The van der Waals surface area contributed by atoms with Crippen LogP contribution in [0.15, 0.2) is 24.3 Å². The summed E-state index contributed by atoms with van der Waals surface area (Å²) in [5, 5.41) is 9.38.